The van der Waals surface area contributed by atoms with E-state index in [0.29, 0.717) is 11.6 Å². The summed E-state index contributed by atoms with van der Waals surface area (Å²) in [5.41, 5.74) is 2.43. The molecule has 2 aromatic rings. The summed E-state index contributed by atoms with van der Waals surface area (Å²) in [6, 6.07) is 8.34. The number of carbonyl (C=O) groups excluding carboxylic acids is 1. The first kappa shape index (κ1) is 17.1. The normalized spacial score (nSPS) is 19.3. The van der Waals surface area contributed by atoms with Gasteiger partial charge in [0, 0.05) is 23.9 Å². The fraction of sp³-hybridized carbons (Fsp3) is 0.412. The van der Waals surface area contributed by atoms with Crippen LogP contribution in [0.2, 0.25) is 0 Å². The Bertz CT molecular complexity index is 826. The lowest BCUT2D eigenvalue weighted by atomic mass is 10.1. The summed E-state index contributed by atoms with van der Waals surface area (Å²) in [4.78, 5) is 17.4. The molecular weight excluding hydrogens is 344 g/mol. The number of thiazole rings is 1. The zero-order valence-electron chi connectivity index (χ0n) is 13.5. The summed E-state index contributed by atoms with van der Waals surface area (Å²) in [6.07, 6.45) is 3.38. The molecule has 1 aromatic heterocycles. The molecule has 2 heterocycles. The van der Waals surface area contributed by atoms with Crippen molar-refractivity contribution in [3.8, 4) is 0 Å². The average molecular weight is 364 g/mol. The van der Waals surface area contributed by atoms with E-state index < -0.39 is 9.84 Å². The lowest BCUT2D eigenvalue weighted by molar-refractivity contribution is -0.116. The molecule has 0 saturated carbocycles. The Labute approximate surface area is 146 Å². The first-order valence-electron chi connectivity index (χ1n) is 7.90. The summed E-state index contributed by atoms with van der Waals surface area (Å²) < 4.78 is 22.9. The Morgan fingerprint density at radius 1 is 1.33 bits per heavy atom. The monoisotopic (exact) mass is 364 g/mol. The third-order valence-electron chi connectivity index (χ3n) is 4.10. The molecule has 1 aliphatic heterocycles. The largest absolute Gasteiger partial charge is 0.302 e. The van der Waals surface area contributed by atoms with Gasteiger partial charge in [0.2, 0.25) is 5.91 Å². The highest BCUT2D eigenvalue weighted by Crippen LogP contribution is 2.24. The second-order valence-electron chi connectivity index (χ2n) is 6.32. The fourth-order valence-electron chi connectivity index (χ4n) is 2.82. The number of nitrogens with zero attached hydrogens (tertiary/aromatic N) is 1. The van der Waals surface area contributed by atoms with Gasteiger partial charge < -0.3 is 5.32 Å². The molecule has 128 valence electrons. The molecule has 1 fully saturated rings. The van der Waals surface area contributed by atoms with Gasteiger partial charge in [0.1, 0.15) is 0 Å². The van der Waals surface area contributed by atoms with Gasteiger partial charge in [-0.3, -0.25) is 4.79 Å². The van der Waals surface area contributed by atoms with Crippen LogP contribution < -0.4 is 5.32 Å². The molecule has 0 bridgehead atoms. The Morgan fingerprint density at radius 2 is 2.08 bits per heavy atom. The number of amides is 1. The van der Waals surface area contributed by atoms with E-state index >= 15 is 0 Å². The molecule has 24 heavy (non-hydrogen) atoms. The van der Waals surface area contributed by atoms with Gasteiger partial charge in [0.05, 0.1) is 11.5 Å². The minimum atomic E-state index is -2.94. The van der Waals surface area contributed by atoms with E-state index in [0.717, 1.165) is 11.3 Å². The topological polar surface area (TPSA) is 76.1 Å². The second-order valence-corrected chi connectivity index (χ2v) is 9.66. The van der Waals surface area contributed by atoms with Crippen LogP contribution in [0.3, 0.4) is 0 Å². The van der Waals surface area contributed by atoms with Crippen LogP contribution >= 0.6 is 11.3 Å². The Balaban J connectivity index is 1.54. The van der Waals surface area contributed by atoms with Gasteiger partial charge in [-0.15, -0.1) is 11.3 Å². The van der Waals surface area contributed by atoms with E-state index in [4.69, 9.17) is 0 Å². The van der Waals surface area contributed by atoms with Gasteiger partial charge >= 0.3 is 0 Å². The van der Waals surface area contributed by atoms with Gasteiger partial charge in [-0.2, -0.15) is 0 Å². The van der Waals surface area contributed by atoms with Crippen LogP contribution in [-0.2, 0) is 21.1 Å². The minimum Gasteiger partial charge on any atom is -0.302 e. The van der Waals surface area contributed by atoms with Crippen LogP contribution in [0.25, 0.3) is 0 Å². The summed E-state index contributed by atoms with van der Waals surface area (Å²) in [7, 11) is -2.94. The summed E-state index contributed by atoms with van der Waals surface area (Å²) in [5.74, 6) is 0.0928. The van der Waals surface area contributed by atoms with Crippen molar-refractivity contribution in [1.82, 2.24) is 4.98 Å². The number of aromatic nitrogens is 1. The highest BCUT2D eigenvalue weighted by Gasteiger charge is 2.29. The van der Waals surface area contributed by atoms with Crippen LogP contribution in [0.5, 0.6) is 0 Å². The number of sulfone groups is 1. The Hall–Kier alpha value is -1.73. The number of carbonyl (C=O) groups is 1. The average Bonchev–Trinajstić information content (AvgIpc) is 3.07. The fourth-order valence-corrected chi connectivity index (χ4v) is 5.54. The minimum absolute atomic E-state index is 0.0676. The number of aryl methyl sites for hydroxylation is 1. The second kappa shape index (κ2) is 7.03. The summed E-state index contributed by atoms with van der Waals surface area (Å²) in [5, 5.41) is 3.36. The maximum Gasteiger partial charge on any atom is 0.226 e. The van der Waals surface area contributed by atoms with Gasteiger partial charge in [-0.1, -0.05) is 29.8 Å². The zero-order valence-corrected chi connectivity index (χ0v) is 15.1. The van der Waals surface area contributed by atoms with Crippen molar-refractivity contribution in [3.63, 3.8) is 0 Å². The van der Waals surface area contributed by atoms with E-state index in [2.05, 4.69) is 41.5 Å². The maximum absolute atomic E-state index is 12.0. The molecule has 1 saturated heterocycles. The molecule has 0 aliphatic carbocycles. The quantitative estimate of drug-likeness (QED) is 0.885. The van der Waals surface area contributed by atoms with E-state index in [1.807, 2.05) is 0 Å². The smallest absolute Gasteiger partial charge is 0.226 e. The first-order chi connectivity index (χ1) is 11.4. The van der Waals surface area contributed by atoms with Crippen molar-refractivity contribution in [2.24, 2.45) is 5.92 Å². The van der Waals surface area contributed by atoms with E-state index in [1.165, 1.54) is 22.5 Å². The predicted octanol–water partition coefficient (Wildman–Crippen LogP) is 2.81. The van der Waals surface area contributed by atoms with Crippen LogP contribution in [0, 0.1) is 12.8 Å². The molecule has 1 amide bonds. The molecular formula is C17H20N2O3S2. The van der Waals surface area contributed by atoms with Crippen LogP contribution in [0.1, 0.15) is 28.8 Å². The molecule has 5 nitrogen and oxygen atoms in total. The summed E-state index contributed by atoms with van der Waals surface area (Å²) in [6.45, 7) is 2.06. The van der Waals surface area contributed by atoms with E-state index in [9.17, 15) is 13.2 Å². The zero-order chi connectivity index (χ0) is 17.2. The van der Waals surface area contributed by atoms with Crippen LogP contribution in [-0.4, -0.2) is 30.8 Å². The standard InChI is InChI=1S/C17H20N2O3S2/c1-12-2-4-13(5-3-12)8-15-10-18-17(23-15)19-16(20)9-14-6-7-24(21,22)11-14/h2-5,10,14H,6-9,11H2,1H3,(H,18,19,20)/t14-/m1/s1. The van der Waals surface area contributed by atoms with Crippen LogP contribution in [0.4, 0.5) is 5.13 Å². The third-order valence-corrected chi connectivity index (χ3v) is 6.85. The maximum atomic E-state index is 12.0. The van der Waals surface area contributed by atoms with Gasteiger partial charge in [-0.05, 0) is 24.8 Å². The Kier molecular flexibility index (Phi) is 5.01. The number of hydrogen-bond acceptors (Lipinski definition) is 5. The van der Waals surface area contributed by atoms with E-state index in [-0.39, 0.29) is 29.8 Å². The molecule has 1 atom stereocenters. The molecule has 1 aromatic carbocycles. The molecule has 3 rings (SSSR count). The molecule has 0 unspecified atom stereocenters. The van der Waals surface area contributed by atoms with Crippen molar-refractivity contribution < 1.29 is 13.2 Å². The molecule has 0 spiro atoms. The molecule has 0 radical (unpaired) electrons. The van der Waals surface area contributed by atoms with Gasteiger partial charge in [0.15, 0.2) is 15.0 Å². The number of benzene rings is 1. The van der Waals surface area contributed by atoms with Gasteiger partial charge in [0.25, 0.3) is 0 Å². The molecule has 7 heteroatoms. The lowest BCUT2D eigenvalue weighted by Crippen LogP contribution is -2.17. The number of hydrogen-bond donors (Lipinski definition) is 1. The third kappa shape index (κ3) is 4.64. The molecule has 1 N–H and O–H groups in total. The first-order valence-corrected chi connectivity index (χ1v) is 10.5. The number of rotatable bonds is 5. The van der Waals surface area contributed by atoms with Crippen LogP contribution in [0.15, 0.2) is 30.5 Å². The predicted molar refractivity (Wildman–Crippen MR) is 96.1 cm³/mol. The van der Waals surface area contributed by atoms with E-state index in [1.54, 1.807) is 6.20 Å². The van der Waals surface area contributed by atoms with Crippen molar-refractivity contribution in [2.75, 3.05) is 16.8 Å². The lowest BCUT2D eigenvalue weighted by Gasteiger charge is -2.06. The van der Waals surface area contributed by atoms with Crippen molar-refractivity contribution in [1.29, 1.82) is 0 Å². The number of nitrogens with one attached hydrogen (secondary N) is 1. The highest BCUT2D eigenvalue weighted by atomic mass is 32.2. The Morgan fingerprint density at radius 3 is 2.75 bits per heavy atom. The van der Waals surface area contributed by atoms with Crippen molar-refractivity contribution in [2.45, 2.75) is 26.2 Å². The highest BCUT2D eigenvalue weighted by molar-refractivity contribution is 7.91. The molecule has 1 aliphatic rings. The SMILES string of the molecule is Cc1ccc(Cc2cnc(NC(=O)C[C@H]3CCS(=O)(=O)C3)s2)cc1. The number of anilines is 1. The summed E-state index contributed by atoms with van der Waals surface area (Å²) >= 11 is 1.46. The van der Waals surface area contributed by atoms with Crippen molar-refractivity contribution >= 4 is 32.2 Å². The van der Waals surface area contributed by atoms with Crippen molar-refractivity contribution in [3.05, 3.63) is 46.5 Å². The van der Waals surface area contributed by atoms with Gasteiger partial charge in [-0.25, -0.2) is 13.4 Å².